The van der Waals surface area contributed by atoms with E-state index in [1.54, 1.807) is 13.8 Å². The van der Waals surface area contributed by atoms with Crippen molar-refractivity contribution in [2.45, 2.75) is 19.9 Å². The number of hydrogen-bond donors (Lipinski definition) is 0. The summed E-state index contributed by atoms with van der Waals surface area (Å²) in [4.78, 5) is 24.5. The standard InChI is InChI=1S/C13H15F2NO3/c1-8(2)16(7-12(17)19-3)13(18)10-6-9(14)4-5-11(10)15/h4-6,8H,7H2,1-3H3. The minimum absolute atomic E-state index is 0.317. The molecule has 0 fully saturated rings. The molecule has 0 spiro atoms. The maximum absolute atomic E-state index is 13.5. The van der Waals surface area contributed by atoms with Gasteiger partial charge in [-0.3, -0.25) is 9.59 Å². The molecule has 0 N–H and O–H groups in total. The van der Waals surface area contributed by atoms with Crippen LogP contribution in [0.15, 0.2) is 18.2 Å². The van der Waals surface area contributed by atoms with Gasteiger partial charge >= 0.3 is 5.97 Å². The van der Waals surface area contributed by atoms with E-state index < -0.39 is 29.1 Å². The summed E-state index contributed by atoms with van der Waals surface area (Å²) in [5, 5.41) is 0. The fraction of sp³-hybridized carbons (Fsp3) is 0.385. The minimum atomic E-state index is -0.832. The quantitative estimate of drug-likeness (QED) is 0.787. The van der Waals surface area contributed by atoms with Gasteiger partial charge in [-0.25, -0.2) is 8.78 Å². The van der Waals surface area contributed by atoms with E-state index in [0.29, 0.717) is 0 Å². The van der Waals surface area contributed by atoms with Gasteiger partial charge in [0, 0.05) is 6.04 Å². The van der Waals surface area contributed by atoms with Crippen molar-refractivity contribution in [3.05, 3.63) is 35.4 Å². The third kappa shape index (κ3) is 3.74. The van der Waals surface area contributed by atoms with E-state index in [9.17, 15) is 18.4 Å². The number of amides is 1. The van der Waals surface area contributed by atoms with E-state index in [2.05, 4.69) is 4.74 Å². The van der Waals surface area contributed by atoms with Crippen molar-refractivity contribution < 1.29 is 23.1 Å². The van der Waals surface area contributed by atoms with Gasteiger partial charge in [-0.05, 0) is 32.0 Å². The number of methoxy groups -OCH3 is 1. The minimum Gasteiger partial charge on any atom is -0.468 e. The molecule has 0 unspecified atom stereocenters. The topological polar surface area (TPSA) is 46.6 Å². The van der Waals surface area contributed by atoms with Crippen LogP contribution in [-0.4, -0.2) is 36.5 Å². The number of benzene rings is 1. The Labute approximate surface area is 110 Å². The highest BCUT2D eigenvalue weighted by Gasteiger charge is 2.24. The van der Waals surface area contributed by atoms with Crippen LogP contribution in [0.5, 0.6) is 0 Å². The molecule has 0 heterocycles. The van der Waals surface area contributed by atoms with E-state index in [4.69, 9.17) is 0 Å². The number of rotatable bonds is 4. The van der Waals surface area contributed by atoms with Gasteiger partial charge < -0.3 is 9.64 Å². The molecule has 0 aliphatic rings. The molecule has 1 aromatic rings. The van der Waals surface area contributed by atoms with Crippen molar-refractivity contribution in [1.82, 2.24) is 4.90 Å². The summed E-state index contributed by atoms with van der Waals surface area (Å²) in [6.07, 6.45) is 0. The molecule has 6 heteroatoms. The van der Waals surface area contributed by atoms with E-state index >= 15 is 0 Å². The molecule has 0 radical (unpaired) electrons. The molecule has 1 amide bonds. The van der Waals surface area contributed by atoms with E-state index in [0.717, 1.165) is 23.1 Å². The Bertz CT molecular complexity index is 489. The Morgan fingerprint density at radius 1 is 1.32 bits per heavy atom. The second-order valence-electron chi connectivity index (χ2n) is 4.23. The largest absolute Gasteiger partial charge is 0.468 e. The molecule has 0 aromatic heterocycles. The molecule has 0 atom stereocenters. The summed E-state index contributed by atoms with van der Waals surface area (Å²) in [5.74, 6) is -2.93. The molecule has 0 aliphatic carbocycles. The first-order valence-corrected chi connectivity index (χ1v) is 5.69. The molecular weight excluding hydrogens is 256 g/mol. The molecule has 4 nitrogen and oxygen atoms in total. The van der Waals surface area contributed by atoms with E-state index in [1.165, 1.54) is 7.11 Å². The van der Waals surface area contributed by atoms with Crippen LogP contribution in [0.4, 0.5) is 8.78 Å². The number of halogens is 2. The van der Waals surface area contributed by atoms with Crippen LogP contribution in [0, 0.1) is 11.6 Å². The Balaban J connectivity index is 3.05. The fourth-order valence-electron chi connectivity index (χ4n) is 1.51. The summed E-state index contributed by atoms with van der Waals surface area (Å²) in [5.41, 5.74) is -0.405. The molecule has 1 aromatic carbocycles. The number of nitrogens with zero attached hydrogens (tertiary/aromatic N) is 1. The van der Waals surface area contributed by atoms with Crippen LogP contribution < -0.4 is 0 Å². The summed E-state index contributed by atoms with van der Waals surface area (Å²) in [7, 11) is 1.19. The van der Waals surface area contributed by atoms with Gasteiger partial charge in [0.15, 0.2) is 0 Å². The van der Waals surface area contributed by atoms with Gasteiger partial charge in [0.1, 0.15) is 18.2 Å². The maximum atomic E-state index is 13.5. The van der Waals surface area contributed by atoms with Crippen LogP contribution in [0.2, 0.25) is 0 Å². The van der Waals surface area contributed by atoms with Crippen LogP contribution in [-0.2, 0) is 9.53 Å². The smallest absolute Gasteiger partial charge is 0.325 e. The lowest BCUT2D eigenvalue weighted by Crippen LogP contribution is -2.41. The van der Waals surface area contributed by atoms with Crippen LogP contribution in [0.3, 0.4) is 0 Å². The lowest BCUT2D eigenvalue weighted by atomic mass is 10.1. The highest BCUT2D eigenvalue weighted by atomic mass is 19.1. The first-order valence-electron chi connectivity index (χ1n) is 5.69. The molecular formula is C13H15F2NO3. The van der Waals surface area contributed by atoms with Crippen molar-refractivity contribution >= 4 is 11.9 Å². The van der Waals surface area contributed by atoms with Gasteiger partial charge in [-0.1, -0.05) is 0 Å². The van der Waals surface area contributed by atoms with Gasteiger partial charge in [0.2, 0.25) is 0 Å². The summed E-state index contributed by atoms with van der Waals surface area (Å²) in [6, 6.07) is 2.25. The average Bonchev–Trinajstić information content (AvgIpc) is 2.37. The number of hydrogen-bond acceptors (Lipinski definition) is 3. The fourth-order valence-corrected chi connectivity index (χ4v) is 1.51. The Morgan fingerprint density at radius 3 is 2.47 bits per heavy atom. The zero-order valence-electron chi connectivity index (χ0n) is 10.9. The van der Waals surface area contributed by atoms with Gasteiger partial charge in [0.25, 0.3) is 5.91 Å². The maximum Gasteiger partial charge on any atom is 0.325 e. The first-order chi connectivity index (χ1) is 8.86. The highest BCUT2D eigenvalue weighted by molar-refractivity contribution is 5.96. The Kier molecular flexibility index (Phi) is 4.97. The summed E-state index contributed by atoms with van der Waals surface area (Å²) < 4.78 is 31.1. The van der Waals surface area contributed by atoms with Crippen LogP contribution in [0.25, 0.3) is 0 Å². The zero-order chi connectivity index (χ0) is 14.6. The van der Waals surface area contributed by atoms with Crippen molar-refractivity contribution in [2.24, 2.45) is 0 Å². The Morgan fingerprint density at radius 2 is 1.95 bits per heavy atom. The summed E-state index contributed by atoms with van der Waals surface area (Å²) >= 11 is 0. The molecule has 0 saturated heterocycles. The molecule has 104 valence electrons. The van der Waals surface area contributed by atoms with Gasteiger partial charge in [-0.15, -0.1) is 0 Å². The zero-order valence-corrected chi connectivity index (χ0v) is 10.9. The van der Waals surface area contributed by atoms with Crippen LogP contribution in [0.1, 0.15) is 24.2 Å². The summed E-state index contributed by atoms with van der Waals surface area (Å²) in [6.45, 7) is 3.01. The third-order valence-electron chi connectivity index (χ3n) is 2.57. The number of carbonyl (C=O) groups is 2. The van der Waals surface area contributed by atoms with Gasteiger partial charge in [-0.2, -0.15) is 0 Å². The molecule has 19 heavy (non-hydrogen) atoms. The highest BCUT2D eigenvalue weighted by Crippen LogP contribution is 2.14. The third-order valence-corrected chi connectivity index (χ3v) is 2.57. The first kappa shape index (κ1) is 15.1. The monoisotopic (exact) mass is 271 g/mol. The number of carbonyl (C=O) groups excluding carboxylic acids is 2. The lowest BCUT2D eigenvalue weighted by Gasteiger charge is -2.25. The van der Waals surface area contributed by atoms with Crippen LogP contribution >= 0.6 is 0 Å². The molecule has 0 bridgehead atoms. The molecule has 0 saturated carbocycles. The number of ether oxygens (including phenoxy) is 1. The second-order valence-corrected chi connectivity index (χ2v) is 4.23. The number of esters is 1. The molecule has 1 rings (SSSR count). The van der Waals surface area contributed by atoms with E-state index in [-0.39, 0.29) is 12.6 Å². The van der Waals surface area contributed by atoms with Gasteiger partial charge in [0.05, 0.1) is 12.7 Å². The lowest BCUT2D eigenvalue weighted by molar-refractivity contribution is -0.141. The van der Waals surface area contributed by atoms with Crippen molar-refractivity contribution in [3.63, 3.8) is 0 Å². The van der Waals surface area contributed by atoms with Crippen molar-refractivity contribution in [3.8, 4) is 0 Å². The SMILES string of the molecule is COC(=O)CN(C(=O)c1cc(F)ccc1F)C(C)C. The Hall–Kier alpha value is -1.98. The van der Waals surface area contributed by atoms with E-state index in [1.807, 2.05) is 0 Å². The average molecular weight is 271 g/mol. The normalized spacial score (nSPS) is 10.4. The van der Waals surface area contributed by atoms with Crippen molar-refractivity contribution in [1.29, 1.82) is 0 Å². The predicted molar refractivity (Wildman–Crippen MR) is 64.5 cm³/mol. The predicted octanol–water partition coefficient (Wildman–Crippen LogP) is 1.99. The molecule has 0 aliphatic heterocycles. The van der Waals surface area contributed by atoms with Crippen molar-refractivity contribution in [2.75, 3.05) is 13.7 Å². The second kappa shape index (κ2) is 6.26.